The summed E-state index contributed by atoms with van der Waals surface area (Å²) in [5, 5.41) is 3.58. The van der Waals surface area contributed by atoms with E-state index in [0.29, 0.717) is 11.6 Å². The van der Waals surface area contributed by atoms with Crippen molar-refractivity contribution in [1.82, 2.24) is 14.5 Å². The fourth-order valence-electron chi connectivity index (χ4n) is 2.96. The summed E-state index contributed by atoms with van der Waals surface area (Å²) >= 11 is 0. The molecule has 0 bridgehead atoms. The Morgan fingerprint density at radius 1 is 1.27 bits per heavy atom. The highest BCUT2D eigenvalue weighted by Gasteiger charge is 2.16. The smallest absolute Gasteiger partial charge is 0.150 e. The van der Waals surface area contributed by atoms with E-state index in [-0.39, 0.29) is 0 Å². The van der Waals surface area contributed by atoms with Crippen LogP contribution < -0.4 is 5.32 Å². The maximum atomic E-state index is 11.2. The van der Waals surface area contributed by atoms with Gasteiger partial charge in [-0.2, -0.15) is 0 Å². The molecule has 0 unspecified atom stereocenters. The molecule has 0 amide bonds. The van der Waals surface area contributed by atoms with Gasteiger partial charge in [-0.1, -0.05) is 0 Å². The van der Waals surface area contributed by atoms with Crippen molar-refractivity contribution in [1.29, 1.82) is 0 Å². The summed E-state index contributed by atoms with van der Waals surface area (Å²) in [6.45, 7) is 4.18. The molecule has 2 heterocycles. The monoisotopic (exact) mass is 298 g/mol. The molecule has 0 aliphatic carbocycles. The number of piperidine rings is 1. The van der Waals surface area contributed by atoms with Crippen molar-refractivity contribution in [2.45, 2.75) is 25.8 Å². The van der Waals surface area contributed by atoms with Gasteiger partial charge in [0.2, 0.25) is 0 Å². The molecule has 22 heavy (non-hydrogen) atoms. The Kier molecular flexibility index (Phi) is 4.24. The molecule has 0 atom stereocenters. The van der Waals surface area contributed by atoms with Crippen molar-refractivity contribution in [2.75, 3.05) is 25.5 Å². The van der Waals surface area contributed by atoms with Crippen molar-refractivity contribution in [3.63, 3.8) is 0 Å². The Bertz CT molecular complexity index is 656. The zero-order valence-electron chi connectivity index (χ0n) is 13.1. The topological polar surface area (TPSA) is 50.2 Å². The summed E-state index contributed by atoms with van der Waals surface area (Å²) in [6, 6.07) is 6.36. The molecule has 0 saturated carbocycles. The number of likely N-dealkylation sites (tertiary alicyclic amines) is 1. The highest BCUT2D eigenvalue weighted by atomic mass is 16.1. The van der Waals surface area contributed by atoms with Gasteiger partial charge >= 0.3 is 0 Å². The lowest BCUT2D eigenvalue weighted by atomic mass is 10.0. The number of imidazole rings is 1. The van der Waals surface area contributed by atoms with E-state index in [9.17, 15) is 4.79 Å². The van der Waals surface area contributed by atoms with Crippen LogP contribution in [0.5, 0.6) is 0 Å². The van der Waals surface area contributed by atoms with Crippen LogP contribution in [0.25, 0.3) is 5.69 Å². The molecule has 0 spiro atoms. The lowest BCUT2D eigenvalue weighted by molar-refractivity contribution is 0.112. The second-order valence-corrected chi connectivity index (χ2v) is 6.00. The maximum absolute atomic E-state index is 11.2. The summed E-state index contributed by atoms with van der Waals surface area (Å²) < 4.78 is 1.99. The number of aryl methyl sites for hydroxylation is 1. The van der Waals surface area contributed by atoms with Crippen LogP contribution >= 0.6 is 0 Å². The van der Waals surface area contributed by atoms with Gasteiger partial charge in [0.25, 0.3) is 0 Å². The van der Waals surface area contributed by atoms with Crippen LogP contribution in [-0.4, -0.2) is 46.9 Å². The van der Waals surface area contributed by atoms with Gasteiger partial charge in [0.15, 0.2) is 0 Å². The van der Waals surface area contributed by atoms with Crippen LogP contribution in [0.1, 0.15) is 29.0 Å². The van der Waals surface area contributed by atoms with E-state index in [2.05, 4.69) is 28.3 Å². The van der Waals surface area contributed by atoms with Crippen molar-refractivity contribution in [3.8, 4) is 5.69 Å². The molecule has 3 rings (SSSR count). The van der Waals surface area contributed by atoms with E-state index in [1.54, 1.807) is 6.20 Å². The van der Waals surface area contributed by atoms with Crippen molar-refractivity contribution in [3.05, 3.63) is 42.0 Å². The van der Waals surface area contributed by atoms with Crippen LogP contribution in [-0.2, 0) is 0 Å². The quantitative estimate of drug-likeness (QED) is 0.881. The van der Waals surface area contributed by atoms with Gasteiger partial charge in [-0.25, -0.2) is 4.98 Å². The van der Waals surface area contributed by atoms with Crippen molar-refractivity contribution in [2.24, 2.45) is 0 Å². The van der Waals surface area contributed by atoms with Gasteiger partial charge in [-0.15, -0.1) is 0 Å². The van der Waals surface area contributed by atoms with E-state index < -0.39 is 0 Å². The summed E-state index contributed by atoms with van der Waals surface area (Å²) in [5.41, 5.74) is 2.65. The van der Waals surface area contributed by atoms with Gasteiger partial charge in [0.05, 0.1) is 0 Å². The van der Waals surface area contributed by atoms with E-state index in [0.717, 1.165) is 49.4 Å². The molecule has 5 heteroatoms. The molecule has 0 radical (unpaired) electrons. The first-order valence-corrected chi connectivity index (χ1v) is 7.71. The Labute approximate surface area is 131 Å². The zero-order chi connectivity index (χ0) is 15.5. The largest absolute Gasteiger partial charge is 0.382 e. The van der Waals surface area contributed by atoms with E-state index in [1.807, 2.05) is 29.8 Å². The molecule has 1 aromatic heterocycles. The summed E-state index contributed by atoms with van der Waals surface area (Å²) in [4.78, 5) is 17.8. The number of nitrogens with zero attached hydrogens (tertiary/aromatic N) is 3. The summed E-state index contributed by atoms with van der Waals surface area (Å²) in [6.07, 6.45) is 6.84. The Balaban J connectivity index is 1.85. The Morgan fingerprint density at radius 3 is 2.68 bits per heavy atom. The van der Waals surface area contributed by atoms with Gasteiger partial charge in [0, 0.05) is 35.4 Å². The number of carbonyl (C=O) groups excluding carboxylic acids is 1. The summed E-state index contributed by atoms with van der Waals surface area (Å²) in [5.74, 6) is 0.910. The van der Waals surface area contributed by atoms with E-state index >= 15 is 0 Å². The van der Waals surface area contributed by atoms with E-state index in [4.69, 9.17) is 0 Å². The van der Waals surface area contributed by atoms with Gasteiger partial charge in [-0.3, -0.25) is 4.79 Å². The SMILES string of the molecule is Cc1nccn1-c1cc(C=O)cc(NC2CCN(C)CC2)c1. The number of hydrogen-bond acceptors (Lipinski definition) is 4. The van der Waals surface area contributed by atoms with Crippen LogP contribution in [0, 0.1) is 6.92 Å². The predicted octanol–water partition coefficient (Wildman–Crippen LogP) is 2.50. The van der Waals surface area contributed by atoms with Gasteiger partial charge in [0.1, 0.15) is 12.1 Å². The predicted molar refractivity (Wildman–Crippen MR) is 87.8 cm³/mol. The lowest BCUT2D eigenvalue weighted by Gasteiger charge is -2.30. The van der Waals surface area contributed by atoms with Gasteiger partial charge in [-0.05, 0) is 58.1 Å². The molecule has 1 fully saturated rings. The summed E-state index contributed by atoms with van der Waals surface area (Å²) in [7, 11) is 2.16. The van der Waals surface area contributed by atoms with E-state index in [1.165, 1.54) is 0 Å². The number of nitrogens with one attached hydrogen (secondary N) is 1. The number of benzene rings is 1. The molecule has 1 aliphatic heterocycles. The lowest BCUT2D eigenvalue weighted by Crippen LogP contribution is -2.36. The second kappa shape index (κ2) is 6.32. The van der Waals surface area contributed by atoms with Crippen LogP contribution in [0.3, 0.4) is 0 Å². The average Bonchev–Trinajstić information content (AvgIpc) is 2.95. The first-order chi connectivity index (χ1) is 10.7. The minimum atomic E-state index is 0.467. The third kappa shape index (κ3) is 3.20. The molecule has 1 aromatic carbocycles. The van der Waals surface area contributed by atoms with Crippen LogP contribution in [0.15, 0.2) is 30.6 Å². The maximum Gasteiger partial charge on any atom is 0.150 e. The van der Waals surface area contributed by atoms with Crippen LogP contribution in [0.4, 0.5) is 5.69 Å². The first kappa shape index (κ1) is 14.8. The third-order valence-corrected chi connectivity index (χ3v) is 4.27. The molecule has 1 N–H and O–H groups in total. The molecule has 2 aromatic rings. The number of carbonyl (C=O) groups is 1. The highest BCUT2D eigenvalue weighted by molar-refractivity contribution is 5.79. The Morgan fingerprint density at radius 2 is 2.05 bits per heavy atom. The molecular formula is C17H22N4O. The number of aldehydes is 1. The third-order valence-electron chi connectivity index (χ3n) is 4.27. The second-order valence-electron chi connectivity index (χ2n) is 6.00. The standard InChI is InChI=1S/C17H22N4O/c1-13-18-5-8-21(13)17-10-14(12-22)9-16(11-17)19-15-3-6-20(2)7-4-15/h5,8-12,15,19H,3-4,6-7H2,1-2H3. The fourth-order valence-corrected chi connectivity index (χ4v) is 2.96. The minimum Gasteiger partial charge on any atom is -0.382 e. The normalized spacial score (nSPS) is 16.6. The number of aromatic nitrogens is 2. The number of anilines is 1. The molecule has 116 valence electrons. The van der Waals surface area contributed by atoms with Crippen molar-refractivity contribution < 1.29 is 4.79 Å². The fraction of sp³-hybridized carbons (Fsp3) is 0.412. The van der Waals surface area contributed by atoms with Crippen molar-refractivity contribution >= 4 is 12.0 Å². The highest BCUT2D eigenvalue weighted by Crippen LogP contribution is 2.21. The number of rotatable bonds is 4. The Hall–Kier alpha value is -2.14. The molecule has 1 saturated heterocycles. The molecular weight excluding hydrogens is 276 g/mol. The minimum absolute atomic E-state index is 0.467. The molecule has 1 aliphatic rings. The molecule has 5 nitrogen and oxygen atoms in total. The average molecular weight is 298 g/mol. The van der Waals surface area contributed by atoms with Gasteiger partial charge < -0.3 is 14.8 Å². The van der Waals surface area contributed by atoms with Crippen LogP contribution in [0.2, 0.25) is 0 Å². The zero-order valence-corrected chi connectivity index (χ0v) is 13.1. The number of hydrogen-bond donors (Lipinski definition) is 1. The first-order valence-electron chi connectivity index (χ1n) is 7.71.